The highest BCUT2D eigenvalue weighted by molar-refractivity contribution is 5.40. The third-order valence-corrected chi connectivity index (χ3v) is 7.80. The van der Waals surface area contributed by atoms with Gasteiger partial charge in [0.05, 0.1) is 6.54 Å². The first-order valence-corrected chi connectivity index (χ1v) is 15.5. The average Bonchev–Trinajstić information content (AvgIpc) is 2.98. The molecule has 0 aromatic rings. The molecule has 0 fully saturated rings. The Labute approximate surface area is 238 Å². The van der Waals surface area contributed by atoms with E-state index in [0.29, 0.717) is 6.54 Å². The lowest BCUT2D eigenvalue weighted by Gasteiger charge is -2.10. The summed E-state index contributed by atoms with van der Waals surface area (Å²) in [5.74, 6) is 0. The van der Waals surface area contributed by atoms with Crippen molar-refractivity contribution in [2.45, 2.75) is 103 Å². The maximum Gasteiger partial charge on any atom is 0.0814 e. The highest BCUT2D eigenvalue weighted by Gasteiger charge is 2.06. The van der Waals surface area contributed by atoms with Crippen molar-refractivity contribution < 1.29 is 0 Å². The lowest BCUT2D eigenvalue weighted by Crippen LogP contribution is -1.92. The van der Waals surface area contributed by atoms with Crippen LogP contribution in [0.4, 0.5) is 0 Å². The largest absolute Gasteiger partial charge is 0.151 e. The summed E-state index contributed by atoms with van der Waals surface area (Å²) in [6.45, 7) is 0.375. The number of allylic oxidation sites excluding steroid dienone is 20. The van der Waals surface area contributed by atoms with Gasteiger partial charge in [-0.2, -0.15) is 4.91 Å². The highest BCUT2D eigenvalue weighted by atomic mass is 16.3. The van der Waals surface area contributed by atoms with Crippen molar-refractivity contribution in [2.24, 2.45) is 5.18 Å². The van der Waals surface area contributed by atoms with Gasteiger partial charge in [-0.1, -0.05) is 135 Å². The third-order valence-electron chi connectivity index (χ3n) is 7.80. The number of rotatable bonds is 4. The highest BCUT2D eigenvalue weighted by Crippen LogP contribution is 2.26. The predicted molar refractivity (Wildman–Crippen MR) is 171 cm³/mol. The molecule has 3 rings (SSSR count). The summed E-state index contributed by atoms with van der Waals surface area (Å²) >= 11 is 0. The molecular formula is C37H49NO. The van der Waals surface area contributed by atoms with Gasteiger partial charge in [-0.05, 0) is 92.1 Å². The van der Waals surface area contributed by atoms with Crippen LogP contribution in [-0.4, -0.2) is 6.54 Å². The molecule has 0 amide bonds. The van der Waals surface area contributed by atoms with Crippen LogP contribution in [0.5, 0.6) is 0 Å². The van der Waals surface area contributed by atoms with Gasteiger partial charge in [-0.25, -0.2) is 0 Å². The Balaban J connectivity index is 2.06. The van der Waals surface area contributed by atoms with Crippen LogP contribution in [0.1, 0.15) is 103 Å². The van der Waals surface area contributed by atoms with E-state index < -0.39 is 0 Å². The van der Waals surface area contributed by atoms with E-state index in [4.69, 9.17) is 0 Å². The minimum Gasteiger partial charge on any atom is -0.151 e. The second kappa shape index (κ2) is 20.0. The molecule has 0 aromatic carbocycles. The number of fused-ring (bicyclic) bond motifs is 6. The molecule has 0 heterocycles. The zero-order valence-corrected chi connectivity index (χ0v) is 24.0. The predicted octanol–water partition coefficient (Wildman–Crippen LogP) is 11.4. The van der Waals surface area contributed by atoms with Crippen molar-refractivity contribution in [2.75, 3.05) is 6.54 Å². The van der Waals surface area contributed by atoms with E-state index in [1.807, 2.05) is 0 Å². The van der Waals surface area contributed by atoms with Crippen LogP contribution in [0.3, 0.4) is 0 Å². The molecule has 0 saturated carbocycles. The Morgan fingerprint density at radius 1 is 0.487 bits per heavy atom. The monoisotopic (exact) mass is 523 g/mol. The van der Waals surface area contributed by atoms with Crippen molar-refractivity contribution >= 4 is 0 Å². The molecule has 3 aliphatic rings. The zero-order chi connectivity index (χ0) is 27.2. The molecule has 2 heteroatoms. The topological polar surface area (TPSA) is 29.4 Å². The smallest absolute Gasteiger partial charge is 0.0814 e. The molecule has 0 aromatic heterocycles. The molecule has 2 nitrogen and oxygen atoms in total. The number of nitroso groups, excluding NO2 is 1. The molecule has 0 saturated heterocycles. The fraction of sp³-hybridized carbons (Fsp3) is 0.459. The van der Waals surface area contributed by atoms with Crippen LogP contribution in [-0.2, 0) is 0 Å². The van der Waals surface area contributed by atoms with Gasteiger partial charge in [0.1, 0.15) is 0 Å². The van der Waals surface area contributed by atoms with Crippen molar-refractivity contribution in [1.29, 1.82) is 0 Å². The minimum atomic E-state index is 0.375. The van der Waals surface area contributed by atoms with E-state index in [1.54, 1.807) is 0 Å². The SMILES string of the molecule is O=NCCCC1=C2\C=C/C=C\C(=C3/C=C\C=C/C(=C\C=C\C=C\C=C\1)CCCCCCC3)CCCCCCC2. The fourth-order valence-corrected chi connectivity index (χ4v) is 5.53. The molecule has 39 heavy (non-hydrogen) atoms. The summed E-state index contributed by atoms with van der Waals surface area (Å²) in [6.07, 6.45) is 52.5. The van der Waals surface area contributed by atoms with Gasteiger partial charge >= 0.3 is 0 Å². The number of nitrogens with zero attached hydrogens (tertiary/aromatic N) is 1. The van der Waals surface area contributed by atoms with Crippen LogP contribution in [0, 0.1) is 4.91 Å². The normalized spacial score (nSPS) is 31.3. The summed E-state index contributed by atoms with van der Waals surface area (Å²) < 4.78 is 0. The van der Waals surface area contributed by atoms with Crippen molar-refractivity contribution in [3.63, 3.8) is 0 Å². The minimum absolute atomic E-state index is 0.375. The fourth-order valence-electron chi connectivity index (χ4n) is 5.53. The number of hydrogen-bond donors (Lipinski definition) is 0. The summed E-state index contributed by atoms with van der Waals surface area (Å²) in [5, 5.41) is 3.10. The van der Waals surface area contributed by atoms with E-state index in [0.717, 1.165) is 38.5 Å². The van der Waals surface area contributed by atoms with Gasteiger partial charge in [-0.3, -0.25) is 0 Å². The van der Waals surface area contributed by atoms with Gasteiger partial charge in [-0.15, -0.1) is 0 Å². The molecule has 0 unspecified atom stereocenters. The first-order valence-electron chi connectivity index (χ1n) is 15.5. The van der Waals surface area contributed by atoms with Gasteiger partial charge < -0.3 is 0 Å². The second-order valence-electron chi connectivity index (χ2n) is 10.9. The molecule has 0 atom stereocenters. The van der Waals surface area contributed by atoms with Crippen LogP contribution < -0.4 is 0 Å². The molecule has 3 aliphatic carbocycles. The molecule has 208 valence electrons. The standard InChI is InChI=1S/C37H49NO/c39-38-32-20-31-37-27-15-7-2-5-11-22-33-21-10-4-1-6-12-24-34(28-17-16-23-33)35-25-13-8-3-9-14-26-36(37)30-19-18-29-35/h2,5,7,11,15-19,22-23,27-30H,1,3-4,6,8-10,12-14,20-21,24-26,31-32H2/b5-2?,7-2+,11-5+,15-7?,17-16?,19-18?,22-11?,23-16-,27-15+,28-17-,29-18-,30-19-,33-22-,33-23?,34-28?,35-29?,35-34-,36-30?,37-27?,37-36-. The van der Waals surface area contributed by atoms with Crippen LogP contribution in [0.25, 0.3) is 0 Å². The lowest BCUT2D eigenvalue weighted by molar-refractivity contribution is 0.606. The van der Waals surface area contributed by atoms with Crippen LogP contribution in [0.15, 0.2) is 124 Å². The van der Waals surface area contributed by atoms with E-state index in [9.17, 15) is 4.91 Å². The summed E-state index contributed by atoms with van der Waals surface area (Å²) in [7, 11) is 0. The Hall–Kier alpha value is -3.00. The molecule has 4 bridgehead atoms. The summed E-state index contributed by atoms with van der Waals surface area (Å²) in [6, 6.07) is 0. The Kier molecular flexibility index (Phi) is 15.6. The first kappa shape index (κ1) is 30.5. The van der Waals surface area contributed by atoms with Crippen LogP contribution >= 0.6 is 0 Å². The molecule has 0 spiro atoms. The van der Waals surface area contributed by atoms with Crippen molar-refractivity contribution in [3.8, 4) is 0 Å². The van der Waals surface area contributed by atoms with Gasteiger partial charge in [0.25, 0.3) is 0 Å². The number of hydrogen-bond acceptors (Lipinski definition) is 2. The first-order chi connectivity index (χ1) is 19.4. The van der Waals surface area contributed by atoms with Gasteiger partial charge in [0.2, 0.25) is 0 Å². The lowest BCUT2D eigenvalue weighted by atomic mass is 9.95. The Morgan fingerprint density at radius 3 is 1.64 bits per heavy atom. The molecular weight excluding hydrogens is 474 g/mol. The summed E-state index contributed by atoms with van der Waals surface area (Å²) in [5.41, 5.74) is 7.11. The third kappa shape index (κ3) is 13.1. The van der Waals surface area contributed by atoms with E-state index >= 15 is 0 Å². The Morgan fingerprint density at radius 2 is 0.974 bits per heavy atom. The zero-order valence-electron chi connectivity index (χ0n) is 24.0. The van der Waals surface area contributed by atoms with Gasteiger partial charge in [0.15, 0.2) is 0 Å². The maximum absolute atomic E-state index is 10.8. The van der Waals surface area contributed by atoms with Gasteiger partial charge in [0, 0.05) is 0 Å². The average molecular weight is 524 g/mol. The van der Waals surface area contributed by atoms with E-state index in [2.05, 4.69) is 96.3 Å². The van der Waals surface area contributed by atoms with Crippen molar-refractivity contribution in [3.05, 3.63) is 124 Å². The quantitative estimate of drug-likeness (QED) is 0.266. The Bertz CT molecular complexity index is 1050. The van der Waals surface area contributed by atoms with E-state index in [-0.39, 0.29) is 0 Å². The molecule has 0 aliphatic heterocycles. The van der Waals surface area contributed by atoms with Crippen LogP contribution in [0.2, 0.25) is 0 Å². The molecule has 0 N–H and O–H groups in total. The van der Waals surface area contributed by atoms with E-state index in [1.165, 1.54) is 92.1 Å². The second-order valence-corrected chi connectivity index (χ2v) is 10.9. The van der Waals surface area contributed by atoms with Crippen molar-refractivity contribution in [1.82, 2.24) is 0 Å². The molecule has 0 radical (unpaired) electrons. The maximum atomic E-state index is 10.8. The summed E-state index contributed by atoms with van der Waals surface area (Å²) in [4.78, 5) is 10.8.